The summed E-state index contributed by atoms with van der Waals surface area (Å²) in [5, 5.41) is 23.7. The molecule has 5 atom stereocenters. The van der Waals surface area contributed by atoms with Gasteiger partial charge in [0.05, 0.1) is 0 Å². The number of hydrogen-bond donors (Lipinski definition) is 5. The van der Waals surface area contributed by atoms with E-state index in [-0.39, 0.29) is 56.1 Å². The van der Waals surface area contributed by atoms with Gasteiger partial charge in [-0.3, -0.25) is 19.2 Å². The summed E-state index contributed by atoms with van der Waals surface area (Å²) in [6.45, 7) is 7.86. The Kier molecular flexibility index (Phi) is 13.9. The minimum atomic E-state index is -1.56. The van der Waals surface area contributed by atoms with E-state index in [1.807, 2.05) is 27.7 Å². The van der Waals surface area contributed by atoms with Gasteiger partial charge in [0.25, 0.3) is 5.91 Å². The van der Waals surface area contributed by atoms with Crippen LogP contribution in [0.4, 0.5) is 5.69 Å². The van der Waals surface area contributed by atoms with Crippen molar-refractivity contribution in [3.8, 4) is 0 Å². The predicted octanol–water partition coefficient (Wildman–Crippen LogP) is 3.85. The molecule has 0 aromatic heterocycles. The summed E-state index contributed by atoms with van der Waals surface area (Å²) in [6, 6.07) is 5.01. The number of nitrogens with zero attached hydrogens (tertiary/aromatic N) is 2. The molecule has 1 aromatic carbocycles. The molecule has 4 amide bonds. The number of ether oxygens (including phenoxy) is 1. The lowest BCUT2D eigenvalue weighted by molar-refractivity contribution is -0.166. The number of anilines is 1. The molecule has 284 valence electrons. The normalized spacial score (nSPS) is 24.0. The molecule has 2 aliphatic heterocycles. The third-order valence-corrected chi connectivity index (χ3v) is 10.7. The van der Waals surface area contributed by atoms with Gasteiger partial charge in [-0.2, -0.15) is 0 Å². The van der Waals surface area contributed by atoms with Crippen LogP contribution >= 0.6 is 11.6 Å². The molecule has 6 N–H and O–H groups in total. The molecule has 51 heavy (non-hydrogen) atoms. The van der Waals surface area contributed by atoms with Crippen molar-refractivity contribution in [2.24, 2.45) is 22.6 Å². The van der Waals surface area contributed by atoms with Gasteiger partial charge in [-0.1, -0.05) is 71.0 Å². The van der Waals surface area contributed by atoms with Crippen molar-refractivity contribution in [2.45, 2.75) is 135 Å². The number of hydrogen-bond acceptors (Lipinski definition) is 9. The number of likely N-dealkylation sites (tertiary alicyclic amines) is 1. The van der Waals surface area contributed by atoms with E-state index in [1.165, 1.54) is 11.3 Å². The quantitative estimate of drug-likeness (QED) is 0.157. The number of halogens is 1. The number of rotatable bonds is 12. The average Bonchev–Trinajstić information content (AvgIpc) is 3.74. The number of carbonyl (C=O) groups excluding carboxylic acids is 5. The molecule has 2 aliphatic carbocycles. The Balaban J connectivity index is 0.00000286. The monoisotopic (exact) mass is 733 g/mol. The maximum atomic E-state index is 14.6. The van der Waals surface area contributed by atoms with Gasteiger partial charge >= 0.3 is 5.97 Å². The van der Waals surface area contributed by atoms with Gasteiger partial charge in [0.1, 0.15) is 18.2 Å². The molecule has 14 heteroatoms. The molecule has 0 radical (unpaired) electrons. The number of carbonyl (C=O) groups is 5. The van der Waals surface area contributed by atoms with E-state index in [2.05, 4.69) is 16.5 Å². The van der Waals surface area contributed by atoms with Gasteiger partial charge in [0.15, 0.2) is 6.10 Å². The Morgan fingerprint density at radius 1 is 1.08 bits per heavy atom. The molecular formula is C37H56ClN5O8. The summed E-state index contributed by atoms with van der Waals surface area (Å²) in [6.07, 6.45) is 5.77. The van der Waals surface area contributed by atoms with Crippen molar-refractivity contribution in [2.75, 3.05) is 18.0 Å². The van der Waals surface area contributed by atoms with E-state index in [0.717, 1.165) is 38.5 Å². The summed E-state index contributed by atoms with van der Waals surface area (Å²) in [5.74, 6) is 1.70. The number of benzene rings is 1. The van der Waals surface area contributed by atoms with E-state index >= 15 is 0 Å². The molecule has 1 unspecified atom stereocenters. The third-order valence-electron chi connectivity index (χ3n) is 10.5. The van der Waals surface area contributed by atoms with Crippen LogP contribution in [-0.4, -0.2) is 88.2 Å². The first kappa shape index (κ1) is 40.5. The second-order valence-electron chi connectivity index (χ2n) is 15.9. The maximum absolute atomic E-state index is 14.6. The summed E-state index contributed by atoms with van der Waals surface area (Å²) in [7, 11) is 0. The van der Waals surface area contributed by atoms with Gasteiger partial charge in [-0.25, -0.2) is 10.7 Å². The van der Waals surface area contributed by atoms with Gasteiger partial charge in [0, 0.05) is 48.1 Å². The first-order valence-corrected chi connectivity index (χ1v) is 18.7. The fraction of sp³-hybridized carbons (Fsp3) is 0.703. The smallest absolute Gasteiger partial charge is 0.329 e. The van der Waals surface area contributed by atoms with Crippen molar-refractivity contribution >= 4 is 46.9 Å². The zero-order valence-corrected chi connectivity index (χ0v) is 31.1. The van der Waals surface area contributed by atoms with Crippen molar-refractivity contribution < 1.29 is 39.0 Å². The van der Waals surface area contributed by atoms with E-state index in [9.17, 15) is 29.1 Å². The van der Waals surface area contributed by atoms with E-state index in [1.54, 1.807) is 29.2 Å². The summed E-state index contributed by atoms with van der Waals surface area (Å²) in [4.78, 5) is 71.4. The number of aliphatic hydroxyl groups excluding tert-OH is 1. The number of amides is 4. The lowest BCUT2D eigenvalue weighted by Crippen LogP contribution is -2.57. The molecule has 2 saturated carbocycles. The van der Waals surface area contributed by atoms with Crippen LogP contribution in [-0.2, 0) is 28.7 Å². The zero-order chi connectivity index (χ0) is 37.5. The highest BCUT2D eigenvalue weighted by Gasteiger charge is 2.56. The molecule has 4 aliphatic rings. The molecule has 1 aromatic rings. The van der Waals surface area contributed by atoms with Gasteiger partial charge in [0.2, 0.25) is 17.7 Å². The highest BCUT2D eigenvalue weighted by Crippen LogP contribution is 2.46. The first-order chi connectivity index (χ1) is 24.2. The average molecular weight is 734 g/mol. The van der Waals surface area contributed by atoms with Gasteiger partial charge in [-0.05, 0) is 68.1 Å². The Morgan fingerprint density at radius 2 is 1.76 bits per heavy atom. The van der Waals surface area contributed by atoms with Crippen molar-refractivity contribution in [1.82, 2.24) is 15.5 Å². The first-order valence-electron chi connectivity index (χ1n) is 18.3. The summed E-state index contributed by atoms with van der Waals surface area (Å²) in [5.41, 5.74) is -0.826. The molecule has 5 rings (SSSR count). The summed E-state index contributed by atoms with van der Waals surface area (Å²) >= 11 is 6.25. The van der Waals surface area contributed by atoms with Crippen LogP contribution in [0, 0.1) is 16.7 Å². The number of nitrogens with two attached hydrogens (primary N) is 1. The summed E-state index contributed by atoms with van der Waals surface area (Å²) < 4.78 is 5.90. The third kappa shape index (κ3) is 10.4. The molecular weight excluding hydrogens is 678 g/mol. The van der Waals surface area contributed by atoms with Crippen LogP contribution in [0.5, 0.6) is 0 Å². The largest absolute Gasteiger partial charge is 0.458 e. The SMILES string of the molecule is CCC[C@H](OC(=O)[C@@H]1C[C@@]2(CC(=O)N(c3cccc(Cl)c3)C2)CN1C(=O)[C@@H](NC(=O)CC1CCCCC1)C(C)(C)C)C(O)C(=O)NC1CC1.NO. The molecule has 13 nitrogen and oxygen atoms in total. The van der Waals surface area contributed by atoms with Crippen LogP contribution in [0.15, 0.2) is 24.3 Å². The number of aliphatic hydroxyl groups is 1. The number of esters is 1. The van der Waals surface area contributed by atoms with Crippen LogP contribution < -0.4 is 21.4 Å². The maximum Gasteiger partial charge on any atom is 0.329 e. The van der Waals surface area contributed by atoms with E-state index in [0.29, 0.717) is 23.6 Å². The lowest BCUT2D eigenvalue weighted by Gasteiger charge is -2.36. The Bertz CT molecular complexity index is 1410. The van der Waals surface area contributed by atoms with E-state index in [4.69, 9.17) is 21.5 Å². The highest BCUT2D eigenvalue weighted by atomic mass is 35.5. The van der Waals surface area contributed by atoms with Gasteiger partial charge in [-0.15, -0.1) is 0 Å². The second kappa shape index (κ2) is 17.5. The topological polar surface area (TPSA) is 192 Å². The molecule has 2 saturated heterocycles. The highest BCUT2D eigenvalue weighted by molar-refractivity contribution is 6.31. The molecule has 4 fully saturated rings. The van der Waals surface area contributed by atoms with Crippen molar-refractivity contribution in [1.29, 1.82) is 0 Å². The second-order valence-corrected chi connectivity index (χ2v) is 16.3. The standard InChI is InChI=1S/C37H53ClN4O7.H3NO/c1-5-10-28(31(45)33(46)39-25-15-16-25)49-35(48)27-19-37(20-30(44)41(21-37)26-14-9-13-24(38)18-26)22-42(27)34(47)32(36(2,3)4)40-29(43)17-23-11-7-6-8-12-23;1-2/h9,13-14,18,23,25,27-28,31-32,45H,5-8,10-12,15-17,19-22H2,1-4H3,(H,39,46)(H,40,43);2H,1H2/t27-,28-,31?,32+,37-;/m0./s1. The number of nitrogens with one attached hydrogen (secondary N) is 2. The fourth-order valence-electron chi connectivity index (χ4n) is 7.68. The predicted molar refractivity (Wildman–Crippen MR) is 191 cm³/mol. The minimum absolute atomic E-state index is 0.0212. The zero-order valence-electron chi connectivity index (χ0n) is 30.4. The van der Waals surface area contributed by atoms with E-state index < -0.39 is 52.9 Å². The Morgan fingerprint density at radius 3 is 2.37 bits per heavy atom. The fourth-order valence-corrected chi connectivity index (χ4v) is 7.87. The van der Waals surface area contributed by atoms with Crippen molar-refractivity contribution in [3.63, 3.8) is 0 Å². The molecule has 2 heterocycles. The Hall–Kier alpha value is -3.26. The lowest BCUT2D eigenvalue weighted by atomic mass is 9.84. The van der Waals surface area contributed by atoms with Crippen LogP contribution in [0.2, 0.25) is 5.02 Å². The Labute approximate surface area is 305 Å². The van der Waals surface area contributed by atoms with Crippen LogP contribution in [0.1, 0.15) is 105 Å². The van der Waals surface area contributed by atoms with Crippen LogP contribution in [0.3, 0.4) is 0 Å². The van der Waals surface area contributed by atoms with Crippen molar-refractivity contribution in [3.05, 3.63) is 29.3 Å². The minimum Gasteiger partial charge on any atom is -0.458 e. The van der Waals surface area contributed by atoms with Gasteiger partial charge < -0.3 is 35.5 Å². The molecule has 1 spiro atoms. The molecule has 0 bridgehead atoms. The van der Waals surface area contributed by atoms with Crippen LogP contribution in [0.25, 0.3) is 0 Å².